The zero-order chi connectivity index (χ0) is 24.6. The van der Waals surface area contributed by atoms with Crippen LogP contribution < -0.4 is 20.1 Å². The Morgan fingerprint density at radius 1 is 1.03 bits per heavy atom. The first kappa shape index (κ1) is 25.6. The molecule has 3 amide bonds. The Hall–Kier alpha value is -3.65. The topological polar surface area (TPSA) is 140 Å². The lowest BCUT2D eigenvalue weighted by Gasteiger charge is -2.10. The Kier molecular flexibility index (Phi) is 8.37. The monoisotopic (exact) mass is 489 g/mol. The van der Waals surface area contributed by atoms with Gasteiger partial charge in [0.05, 0.1) is 17.6 Å². The molecule has 10 nitrogen and oxygen atoms in total. The van der Waals surface area contributed by atoms with E-state index in [4.69, 9.17) is 4.74 Å². The molecule has 0 aliphatic carbocycles. The van der Waals surface area contributed by atoms with E-state index in [1.807, 2.05) is 5.32 Å². The summed E-state index contributed by atoms with van der Waals surface area (Å²) in [4.78, 5) is 34.4. The van der Waals surface area contributed by atoms with Crippen LogP contribution in [0.3, 0.4) is 0 Å². The van der Waals surface area contributed by atoms with Crippen molar-refractivity contribution in [2.75, 3.05) is 25.6 Å². The van der Waals surface area contributed by atoms with Crippen molar-refractivity contribution in [1.82, 2.24) is 10.0 Å². The van der Waals surface area contributed by atoms with Crippen LogP contribution >= 0.6 is 0 Å². The summed E-state index contributed by atoms with van der Waals surface area (Å²) < 4.78 is 73.6. The second-order valence-corrected chi connectivity index (χ2v) is 8.01. The Labute approximate surface area is 186 Å². The molecule has 3 N–H and O–H groups in total. The number of nitrogens with one attached hydrogen (secondary N) is 3. The number of anilines is 1. The normalized spacial score (nSPS) is 11.4. The molecule has 0 radical (unpaired) electrons. The van der Waals surface area contributed by atoms with Gasteiger partial charge in [0.2, 0.25) is 10.0 Å². The number of benzene rings is 2. The average molecular weight is 489 g/mol. The molecule has 0 bridgehead atoms. The van der Waals surface area contributed by atoms with E-state index in [0.29, 0.717) is 23.6 Å². The van der Waals surface area contributed by atoms with Gasteiger partial charge in [-0.3, -0.25) is 14.9 Å². The van der Waals surface area contributed by atoms with Crippen molar-refractivity contribution in [1.29, 1.82) is 0 Å². The summed E-state index contributed by atoms with van der Waals surface area (Å²) in [5, 5.41) is 4.24. The quantitative estimate of drug-likeness (QED) is 0.481. The van der Waals surface area contributed by atoms with Crippen LogP contribution in [0.1, 0.15) is 5.56 Å². The number of rotatable bonds is 8. The van der Waals surface area contributed by atoms with E-state index in [2.05, 4.69) is 10.1 Å². The maximum absolute atomic E-state index is 12.7. The fourth-order valence-corrected chi connectivity index (χ4v) is 3.29. The lowest BCUT2D eigenvalue weighted by atomic mass is 10.2. The molecule has 0 aliphatic heterocycles. The first-order chi connectivity index (χ1) is 15.4. The Morgan fingerprint density at radius 3 is 2.30 bits per heavy atom. The van der Waals surface area contributed by atoms with E-state index < -0.39 is 57.7 Å². The largest absolute Gasteiger partial charge is 0.497 e. The third-order valence-corrected chi connectivity index (χ3v) is 5.24. The number of carbonyl (C=O) groups excluding carboxylic acids is 3. The van der Waals surface area contributed by atoms with Gasteiger partial charge in [-0.2, -0.15) is 17.9 Å². The smallest absolute Gasteiger partial charge is 0.416 e. The molecule has 0 atom stereocenters. The van der Waals surface area contributed by atoms with Crippen LogP contribution in [0.15, 0.2) is 53.4 Å². The lowest BCUT2D eigenvalue weighted by molar-refractivity contribution is -0.147. The molecule has 0 heterocycles. The number of methoxy groups -OCH3 is 1. The molecule has 178 valence electrons. The van der Waals surface area contributed by atoms with Crippen LogP contribution in [0.5, 0.6) is 5.75 Å². The van der Waals surface area contributed by atoms with Crippen LogP contribution in [-0.2, 0) is 30.5 Å². The number of ether oxygens (including phenoxy) is 2. The van der Waals surface area contributed by atoms with Crippen molar-refractivity contribution in [2.45, 2.75) is 11.1 Å². The second kappa shape index (κ2) is 10.8. The fourth-order valence-electron chi connectivity index (χ4n) is 2.27. The van der Waals surface area contributed by atoms with Gasteiger partial charge in [0.15, 0.2) is 6.61 Å². The van der Waals surface area contributed by atoms with Gasteiger partial charge in [-0.15, -0.1) is 0 Å². The second-order valence-electron chi connectivity index (χ2n) is 6.24. The number of esters is 1. The van der Waals surface area contributed by atoms with Crippen molar-refractivity contribution in [3.05, 3.63) is 54.1 Å². The number of hydrogen-bond donors (Lipinski definition) is 3. The van der Waals surface area contributed by atoms with Crippen LogP contribution in [-0.4, -0.2) is 46.6 Å². The summed E-state index contributed by atoms with van der Waals surface area (Å²) in [6, 6.07) is 8.16. The minimum atomic E-state index is -4.75. The fraction of sp³-hybridized carbons (Fsp3) is 0.211. The maximum atomic E-state index is 12.7. The first-order valence-corrected chi connectivity index (χ1v) is 10.5. The molecule has 2 rings (SSSR count). The first-order valence-electron chi connectivity index (χ1n) is 8.98. The Balaban J connectivity index is 1.80. The Bertz CT molecular complexity index is 1120. The number of sulfonamides is 1. The lowest BCUT2D eigenvalue weighted by Crippen LogP contribution is -2.38. The zero-order valence-corrected chi connectivity index (χ0v) is 17.7. The van der Waals surface area contributed by atoms with Crippen molar-refractivity contribution in [3.8, 4) is 5.75 Å². The van der Waals surface area contributed by atoms with Crippen molar-refractivity contribution < 1.29 is 45.4 Å². The third kappa shape index (κ3) is 8.08. The highest BCUT2D eigenvalue weighted by atomic mass is 32.2. The number of imide groups is 1. The van der Waals surface area contributed by atoms with E-state index in [1.54, 1.807) is 16.9 Å². The molecule has 14 heteroatoms. The van der Waals surface area contributed by atoms with Crippen LogP contribution in [0, 0.1) is 0 Å². The molecule has 0 aliphatic rings. The predicted octanol–water partition coefficient (Wildman–Crippen LogP) is 1.88. The highest BCUT2D eigenvalue weighted by molar-refractivity contribution is 7.89. The van der Waals surface area contributed by atoms with Gasteiger partial charge in [-0.25, -0.2) is 13.2 Å². The van der Waals surface area contributed by atoms with Gasteiger partial charge in [-0.1, -0.05) is 6.07 Å². The summed E-state index contributed by atoms with van der Waals surface area (Å²) >= 11 is 0. The summed E-state index contributed by atoms with van der Waals surface area (Å²) in [7, 11) is -3.00. The molecule has 0 saturated carbocycles. The standard InChI is InChI=1S/C19H18F3N3O7S/c1-31-14-7-5-13(6-8-14)24-18(28)25-16(26)11-32-17(27)10-23-33(29,30)15-4-2-3-12(9-15)19(20,21)22/h2-9,23H,10-11H2,1H3,(H2,24,25,26,28). The molecule has 0 fully saturated rings. The number of carbonyl (C=O) groups is 3. The van der Waals surface area contributed by atoms with Crippen LogP contribution in [0.25, 0.3) is 0 Å². The van der Waals surface area contributed by atoms with E-state index in [9.17, 15) is 36.0 Å². The van der Waals surface area contributed by atoms with Gasteiger partial charge in [0.1, 0.15) is 12.3 Å². The minimum absolute atomic E-state index is 0.349. The molecule has 0 unspecified atom stereocenters. The van der Waals surface area contributed by atoms with Crippen LogP contribution in [0.4, 0.5) is 23.7 Å². The van der Waals surface area contributed by atoms with E-state index in [1.165, 1.54) is 19.2 Å². The number of hydrogen-bond acceptors (Lipinski definition) is 7. The summed E-state index contributed by atoms with van der Waals surface area (Å²) in [5.74, 6) is -1.65. The molecule has 2 aromatic carbocycles. The molecular formula is C19H18F3N3O7S. The molecule has 0 spiro atoms. The van der Waals surface area contributed by atoms with Crippen LogP contribution in [0.2, 0.25) is 0 Å². The van der Waals surface area contributed by atoms with Gasteiger partial charge >= 0.3 is 18.2 Å². The molecule has 33 heavy (non-hydrogen) atoms. The molecule has 0 aromatic heterocycles. The van der Waals surface area contributed by atoms with Crippen molar-refractivity contribution in [2.24, 2.45) is 0 Å². The predicted molar refractivity (Wildman–Crippen MR) is 108 cm³/mol. The number of urea groups is 1. The van der Waals surface area contributed by atoms with E-state index >= 15 is 0 Å². The van der Waals surface area contributed by atoms with Gasteiger partial charge in [-0.05, 0) is 42.5 Å². The molecule has 2 aromatic rings. The van der Waals surface area contributed by atoms with Gasteiger partial charge < -0.3 is 14.8 Å². The number of alkyl halides is 3. The zero-order valence-electron chi connectivity index (χ0n) is 16.9. The number of halogens is 3. The maximum Gasteiger partial charge on any atom is 0.416 e. The summed E-state index contributed by atoms with van der Waals surface area (Å²) in [6.45, 7) is -1.86. The summed E-state index contributed by atoms with van der Waals surface area (Å²) in [6.07, 6.45) is -4.75. The van der Waals surface area contributed by atoms with E-state index in [-0.39, 0.29) is 0 Å². The minimum Gasteiger partial charge on any atom is -0.497 e. The highest BCUT2D eigenvalue weighted by Crippen LogP contribution is 2.30. The van der Waals surface area contributed by atoms with E-state index in [0.717, 1.165) is 12.1 Å². The third-order valence-electron chi connectivity index (χ3n) is 3.84. The van der Waals surface area contributed by atoms with Crippen molar-refractivity contribution >= 4 is 33.6 Å². The van der Waals surface area contributed by atoms with Gasteiger partial charge in [0, 0.05) is 5.69 Å². The Morgan fingerprint density at radius 2 is 1.70 bits per heavy atom. The summed E-state index contributed by atoms with van der Waals surface area (Å²) in [5.41, 5.74) is -0.834. The molecule has 0 saturated heterocycles. The molecular weight excluding hydrogens is 471 g/mol. The average Bonchev–Trinajstić information content (AvgIpc) is 2.76. The SMILES string of the molecule is COc1ccc(NC(=O)NC(=O)COC(=O)CNS(=O)(=O)c2cccc(C(F)(F)F)c2)cc1. The van der Waals surface area contributed by atoms with Crippen molar-refractivity contribution in [3.63, 3.8) is 0 Å². The highest BCUT2D eigenvalue weighted by Gasteiger charge is 2.31. The van der Waals surface area contributed by atoms with Gasteiger partial charge in [0.25, 0.3) is 5.91 Å². The number of amides is 3.